The number of amides is 2. The average molecular weight is 397 g/mol. The highest BCUT2D eigenvalue weighted by Crippen LogP contribution is 2.38. The lowest BCUT2D eigenvalue weighted by Crippen LogP contribution is -2.19. The number of oxazole rings is 1. The number of ether oxygens (including phenoxy) is 2. The molecule has 0 atom stereocenters. The molecule has 2 amide bonds. The van der Waals surface area contributed by atoms with Gasteiger partial charge in [-0.2, -0.15) is 0 Å². The molecule has 3 aromatic rings. The zero-order chi connectivity index (χ0) is 20.4. The first-order chi connectivity index (χ1) is 14.0. The Labute approximate surface area is 164 Å². The second kappa shape index (κ2) is 7.63. The minimum Gasteiger partial charge on any atom is -0.486 e. The van der Waals surface area contributed by atoms with E-state index in [9.17, 15) is 14.0 Å². The Morgan fingerprint density at radius 1 is 1.03 bits per heavy atom. The van der Waals surface area contributed by atoms with E-state index < -0.39 is 11.7 Å². The highest BCUT2D eigenvalue weighted by atomic mass is 19.1. The molecule has 0 saturated carbocycles. The van der Waals surface area contributed by atoms with Gasteiger partial charge in [-0.25, -0.2) is 9.37 Å². The van der Waals surface area contributed by atoms with Crippen molar-refractivity contribution in [2.45, 2.75) is 6.92 Å². The van der Waals surface area contributed by atoms with Crippen molar-refractivity contribution in [2.75, 3.05) is 23.8 Å². The summed E-state index contributed by atoms with van der Waals surface area (Å²) < 4.78 is 29.9. The van der Waals surface area contributed by atoms with Crippen LogP contribution < -0.4 is 20.1 Å². The predicted octanol–water partition coefficient (Wildman–Crippen LogP) is 3.46. The summed E-state index contributed by atoms with van der Waals surface area (Å²) in [6, 6.07) is 8.76. The van der Waals surface area contributed by atoms with Crippen LogP contribution in [-0.4, -0.2) is 30.0 Å². The summed E-state index contributed by atoms with van der Waals surface area (Å²) in [6.07, 6.45) is 1.10. The van der Waals surface area contributed by atoms with Crippen LogP contribution in [0.3, 0.4) is 0 Å². The monoisotopic (exact) mass is 397 g/mol. The highest BCUT2D eigenvalue weighted by Gasteiger charge is 2.22. The molecule has 0 saturated heterocycles. The number of aromatic nitrogens is 1. The number of nitrogens with zero attached hydrogens (tertiary/aromatic N) is 1. The second-order valence-corrected chi connectivity index (χ2v) is 6.22. The molecule has 0 bridgehead atoms. The van der Waals surface area contributed by atoms with Crippen molar-refractivity contribution in [3.05, 3.63) is 54.3 Å². The van der Waals surface area contributed by atoms with E-state index in [0.717, 1.165) is 6.39 Å². The lowest BCUT2D eigenvalue weighted by Gasteiger charge is -2.21. The molecule has 4 rings (SSSR count). The first-order valence-corrected chi connectivity index (χ1v) is 8.73. The minimum absolute atomic E-state index is 0.0285. The van der Waals surface area contributed by atoms with Crippen molar-refractivity contribution in [1.29, 1.82) is 0 Å². The molecule has 2 aromatic carbocycles. The molecule has 2 N–H and O–H groups in total. The summed E-state index contributed by atoms with van der Waals surface area (Å²) in [5.41, 5.74) is 0.977. The number of carbonyl (C=O) groups is 2. The van der Waals surface area contributed by atoms with Gasteiger partial charge in [0.2, 0.25) is 5.91 Å². The van der Waals surface area contributed by atoms with Crippen LogP contribution in [0.2, 0.25) is 0 Å². The number of fused-ring (bicyclic) bond motifs is 1. The van der Waals surface area contributed by atoms with E-state index in [4.69, 9.17) is 13.9 Å². The van der Waals surface area contributed by atoms with Crippen LogP contribution in [0.5, 0.6) is 11.5 Å². The molecule has 9 heteroatoms. The number of carbonyl (C=O) groups excluding carboxylic acids is 2. The van der Waals surface area contributed by atoms with Crippen LogP contribution in [0, 0.1) is 5.82 Å². The molecule has 0 fully saturated rings. The lowest BCUT2D eigenvalue weighted by atomic mass is 10.1. The van der Waals surface area contributed by atoms with Crippen molar-refractivity contribution in [1.82, 2.24) is 4.98 Å². The number of nitrogens with one attached hydrogen (secondary N) is 2. The van der Waals surface area contributed by atoms with Gasteiger partial charge in [0.1, 0.15) is 19.0 Å². The topological polar surface area (TPSA) is 103 Å². The van der Waals surface area contributed by atoms with Crippen LogP contribution in [0.4, 0.5) is 15.8 Å². The molecule has 1 aromatic heterocycles. The molecular weight excluding hydrogens is 381 g/mol. The van der Waals surface area contributed by atoms with Gasteiger partial charge in [-0.15, -0.1) is 0 Å². The summed E-state index contributed by atoms with van der Waals surface area (Å²) in [7, 11) is 0. The Balaban J connectivity index is 1.67. The number of benzene rings is 2. The van der Waals surface area contributed by atoms with E-state index in [0.29, 0.717) is 41.7 Å². The molecular formula is C20H16FN3O5. The summed E-state index contributed by atoms with van der Waals surface area (Å²) in [5, 5.41) is 5.33. The van der Waals surface area contributed by atoms with E-state index in [1.807, 2.05) is 0 Å². The quantitative estimate of drug-likeness (QED) is 0.699. The third kappa shape index (κ3) is 3.88. The van der Waals surface area contributed by atoms with Crippen LogP contribution in [-0.2, 0) is 4.79 Å². The molecule has 1 aliphatic heterocycles. The first kappa shape index (κ1) is 18.5. The maximum atomic E-state index is 13.5. The van der Waals surface area contributed by atoms with Gasteiger partial charge in [-0.05, 0) is 12.1 Å². The Bertz CT molecular complexity index is 1100. The first-order valence-electron chi connectivity index (χ1n) is 8.73. The summed E-state index contributed by atoms with van der Waals surface area (Å²) in [6.45, 7) is 2.10. The minimum atomic E-state index is -0.596. The van der Waals surface area contributed by atoms with Crippen molar-refractivity contribution in [3.63, 3.8) is 0 Å². The van der Waals surface area contributed by atoms with Gasteiger partial charge >= 0.3 is 0 Å². The van der Waals surface area contributed by atoms with Crippen molar-refractivity contribution >= 4 is 23.2 Å². The van der Waals surface area contributed by atoms with E-state index in [2.05, 4.69) is 15.6 Å². The summed E-state index contributed by atoms with van der Waals surface area (Å²) in [5.74, 6) is -0.364. The molecule has 0 radical (unpaired) electrons. The predicted molar refractivity (Wildman–Crippen MR) is 102 cm³/mol. The van der Waals surface area contributed by atoms with Crippen molar-refractivity contribution < 1.29 is 27.9 Å². The average Bonchev–Trinajstić information content (AvgIpc) is 3.18. The number of rotatable bonds is 4. The van der Waals surface area contributed by atoms with Crippen LogP contribution >= 0.6 is 0 Å². The van der Waals surface area contributed by atoms with Gasteiger partial charge in [0.25, 0.3) is 5.91 Å². The fourth-order valence-corrected chi connectivity index (χ4v) is 2.91. The zero-order valence-electron chi connectivity index (χ0n) is 15.3. The maximum Gasteiger partial charge on any atom is 0.278 e. The number of halogens is 1. The largest absolute Gasteiger partial charge is 0.486 e. The third-order valence-corrected chi connectivity index (χ3v) is 4.11. The lowest BCUT2D eigenvalue weighted by molar-refractivity contribution is -0.114. The Hall–Kier alpha value is -3.88. The van der Waals surface area contributed by atoms with Gasteiger partial charge < -0.3 is 24.5 Å². The molecule has 0 spiro atoms. The van der Waals surface area contributed by atoms with Crippen LogP contribution in [0.25, 0.3) is 11.3 Å². The maximum absolute atomic E-state index is 13.5. The molecule has 148 valence electrons. The highest BCUT2D eigenvalue weighted by molar-refractivity contribution is 6.09. The molecule has 0 unspecified atom stereocenters. The van der Waals surface area contributed by atoms with Crippen LogP contribution in [0.15, 0.2) is 47.2 Å². The number of anilines is 2. The standard InChI is InChI=1S/C20H16FN3O5/c1-11(25)23-14-8-16-17(28-6-5-27-16)9-15(14)24-20(26)18-19(29-10-22-18)12-3-2-4-13(21)7-12/h2-4,7-10H,5-6H2,1H3,(H,23,25)(H,24,26). The molecule has 1 aliphatic rings. The smallest absolute Gasteiger partial charge is 0.278 e. The van der Waals surface area contributed by atoms with E-state index in [1.54, 1.807) is 18.2 Å². The van der Waals surface area contributed by atoms with Gasteiger partial charge in [-0.3, -0.25) is 9.59 Å². The van der Waals surface area contributed by atoms with E-state index in [-0.39, 0.29) is 17.4 Å². The summed E-state index contributed by atoms with van der Waals surface area (Å²) in [4.78, 5) is 28.4. The van der Waals surface area contributed by atoms with Crippen molar-refractivity contribution in [2.24, 2.45) is 0 Å². The van der Waals surface area contributed by atoms with Crippen molar-refractivity contribution in [3.8, 4) is 22.8 Å². The van der Waals surface area contributed by atoms with E-state index in [1.165, 1.54) is 25.1 Å². The Kier molecular flexibility index (Phi) is 4.86. The molecule has 8 nitrogen and oxygen atoms in total. The normalized spacial score (nSPS) is 12.3. The number of hydrogen-bond donors (Lipinski definition) is 2. The molecule has 29 heavy (non-hydrogen) atoms. The van der Waals surface area contributed by atoms with Gasteiger partial charge in [0.15, 0.2) is 29.3 Å². The fourth-order valence-electron chi connectivity index (χ4n) is 2.91. The van der Waals surface area contributed by atoms with Gasteiger partial charge in [0, 0.05) is 24.6 Å². The molecule has 0 aliphatic carbocycles. The van der Waals surface area contributed by atoms with E-state index >= 15 is 0 Å². The zero-order valence-corrected chi connectivity index (χ0v) is 15.3. The van der Waals surface area contributed by atoms with Gasteiger partial charge in [-0.1, -0.05) is 12.1 Å². The number of hydrogen-bond acceptors (Lipinski definition) is 6. The third-order valence-electron chi connectivity index (χ3n) is 4.11. The Morgan fingerprint density at radius 3 is 2.38 bits per heavy atom. The second-order valence-electron chi connectivity index (χ2n) is 6.22. The van der Waals surface area contributed by atoms with Gasteiger partial charge in [0.05, 0.1) is 11.4 Å². The van der Waals surface area contributed by atoms with Crippen LogP contribution in [0.1, 0.15) is 17.4 Å². The molecule has 2 heterocycles. The Morgan fingerprint density at radius 2 is 1.72 bits per heavy atom. The summed E-state index contributed by atoms with van der Waals surface area (Å²) >= 11 is 0. The SMILES string of the molecule is CC(=O)Nc1cc2c(cc1NC(=O)c1ncoc1-c1cccc(F)c1)OCCO2. The fraction of sp³-hybridized carbons (Fsp3) is 0.150.